The third-order valence-electron chi connectivity index (χ3n) is 6.49. The average Bonchev–Trinajstić information content (AvgIpc) is 3.30. The van der Waals surface area contributed by atoms with Gasteiger partial charge in [0.2, 0.25) is 0 Å². The van der Waals surface area contributed by atoms with Gasteiger partial charge in [0.1, 0.15) is 6.61 Å². The Kier molecular flexibility index (Phi) is 8.29. The van der Waals surface area contributed by atoms with Gasteiger partial charge in [-0.2, -0.15) is 5.26 Å². The summed E-state index contributed by atoms with van der Waals surface area (Å²) >= 11 is 1.35. The van der Waals surface area contributed by atoms with Gasteiger partial charge in [-0.05, 0) is 66.2 Å². The van der Waals surface area contributed by atoms with Gasteiger partial charge in [-0.3, -0.25) is 9.69 Å². The van der Waals surface area contributed by atoms with Gasteiger partial charge in [0, 0.05) is 5.56 Å². The monoisotopic (exact) mass is 545 g/mol. The first kappa shape index (κ1) is 26.8. The van der Waals surface area contributed by atoms with Crippen LogP contribution in [0.5, 0.6) is 11.5 Å². The number of hydrogen-bond acceptors (Lipinski definition) is 6. The molecule has 0 aromatic heterocycles. The lowest BCUT2D eigenvalue weighted by Crippen LogP contribution is -2.32. The third-order valence-corrected chi connectivity index (χ3v) is 7.48. The van der Waals surface area contributed by atoms with Crippen LogP contribution in [0.3, 0.4) is 0 Å². The Balaban J connectivity index is 1.43. The molecule has 4 aromatic rings. The number of carbonyl (C=O) groups is 1. The number of nitriles is 1. The molecule has 0 spiro atoms. The minimum absolute atomic E-state index is 0.108. The van der Waals surface area contributed by atoms with Crippen molar-refractivity contribution in [1.82, 2.24) is 4.90 Å². The quantitative estimate of drug-likeness (QED) is 0.214. The van der Waals surface area contributed by atoms with Gasteiger partial charge in [0.15, 0.2) is 16.7 Å². The summed E-state index contributed by atoms with van der Waals surface area (Å²) in [6.07, 6.45) is 1.85. The Morgan fingerprint density at radius 2 is 1.65 bits per heavy atom. The van der Waals surface area contributed by atoms with Crippen LogP contribution < -0.4 is 9.47 Å². The molecule has 0 bridgehead atoms. The summed E-state index contributed by atoms with van der Waals surface area (Å²) in [5.74, 6) is 0.976. The number of hydrogen-bond donors (Lipinski definition) is 0. The molecule has 1 amide bonds. The molecule has 1 fully saturated rings. The summed E-state index contributed by atoms with van der Waals surface area (Å²) in [7, 11) is 1.58. The summed E-state index contributed by atoms with van der Waals surface area (Å²) in [5, 5.41) is 9.98. The zero-order valence-corrected chi connectivity index (χ0v) is 23.0. The highest BCUT2D eigenvalue weighted by atomic mass is 32.2. The van der Waals surface area contributed by atoms with Crippen molar-refractivity contribution in [1.29, 1.82) is 5.26 Å². The van der Waals surface area contributed by atoms with E-state index in [9.17, 15) is 10.1 Å². The third kappa shape index (κ3) is 5.93. The second-order valence-electron chi connectivity index (χ2n) is 9.07. The van der Waals surface area contributed by atoms with Crippen LogP contribution in [0.25, 0.3) is 6.08 Å². The Labute approximate surface area is 238 Å². The van der Waals surface area contributed by atoms with Crippen LogP contribution in [-0.4, -0.2) is 23.1 Å². The van der Waals surface area contributed by atoms with Crippen LogP contribution in [0.4, 0.5) is 5.69 Å². The molecule has 1 aliphatic heterocycles. The lowest BCUT2D eigenvalue weighted by molar-refractivity contribution is -0.123. The van der Waals surface area contributed by atoms with Crippen LogP contribution in [-0.2, 0) is 11.4 Å². The van der Waals surface area contributed by atoms with Crippen LogP contribution in [0, 0.1) is 11.3 Å². The molecule has 1 heterocycles. The topological polar surface area (TPSA) is 74.9 Å². The highest BCUT2D eigenvalue weighted by Gasteiger charge is 2.37. The van der Waals surface area contributed by atoms with E-state index in [2.05, 4.69) is 6.07 Å². The summed E-state index contributed by atoms with van der Waals surface area (Å²) in [6.45, 7) is 2.25. The van der Waals surface area contributed by atoms with Gasteiger partial charge in [-0.25, -0.2) is 4.99 Å². The molecule has 6 nitrogen and oxygen atoms in total. The summed E-state index contributed by atoms with van der Waals surface area (Å²) in [5.41, 5.74) is 3.97. The highest BCUT2D eigenvalue weighted by molar-refractivity contribution is 8.18. The normalized spacial score (nSPS) is 15.7. The van der Waals surface area contributed by atoms with Gasteiger partial charge < -0.3 is 9.47 Å². The second-order valence-corrected chi connectivity index (χ2v) is 10.1. The molecule has 198 valence electrons. The van der Waals surface area contributed by atoms with Crippen LogP contribution in [0.15, 0.2) is 113 Å². The van der Waals surface area contributed by atoms with E-state index in [1.807, 2.05) is 110 Å². The maximum atomic E-state index is 13.7. The van der Waals surface area contributed by atoms with E-state index < -0.39 is 0 Å². The van der Waals surface area contributed by atoms with Gasteiger partial charge in [0.05, 0.1) is 35.4 Å². The van der Waals surface area contributed by atoms with Crippen molar-refractivity contribution in [3.8, 4) is 17.6 Å². The fourth-order valence-corrected chi connectivity index (χ4v) is 5.42. The number of methoxy groups -OCH3 is 1. The molecule has 1 aliphatic rings. The first-order valence-corrected chi connectivity index (χ1v) is 13.6. The minimum atomic E-state index is -0.198. The number of ether oxygens (including phenoxy) is 2. The molecule has 1 saturated heterocycles. The van der Waals surface area contributed by atoms with Crippen molar-refractivity contribution in [2.24, 2.45) is 4.99 Å². The lowest BCUT2D eigenvalue weighted by Gasteiger charge is -2.24. The van der Waals surface area contributed by atoms with E-state index in [0.29, 0.717) is 27.1 Å². The van der Waals surface area contributed by atoms with Crippen LogP contribution >= 0.6 is 11.8 Å². The van der Waals surface area contributed by atoms with Crippen LogP contribution in [0.2, 0.25) is 0 Å². The Morgan fingerprint density at radius 1 is 0.950 bits per heavy atom. The molecule has 4 aromatic carbocycles. The molecule has 0 aliphatic carbocycles. The molecule has 0 N–H and O–H groups in total. The van der Waals surface area contributed by atoms with Crippen molar-refractivity contribution < 1.29 is 14.3 Å². The highest BCUT2D eigenvalue weighted by Crippen LogP contribution is 2.40. The zero-order chi connectivity index (χ0) is 27.9. The van der Waals surface area contributed by atoms with Gasteiger partial charge in [0.25, 0.3) is 5.91 Å². The summed E-state index contributed by atoms with van der Waals surface area (Å²) in [6, 6.07) is 34.4. The molecular formula is C33H27N3O3S. The Bertz CT molecular complexity index is 1610. The van der Waals surface area contributed by atoms with Crippen molar-refractivity contribution in [3.05, 3.63) is 130 Å². The maximum absolute atomic E-state index is 13.7. The smallest absolute Gasteiger partial charge is 0.267 e. The number of rotatable bonds is 8. The number of para-hydroxylation sites is 1. The number of nitrogens with zero attached hydrogens (tertiary/aromatic N) is 3. The molecule has 1 atom stereocenters. The van der Waals surface area contributed by atoms with Crippen LogP contribution in [0.1, 0.15) is 35.2 Å². The number of thioether (sulfide) groups is 1. The predicted molar refractivity (Wildman–Crippen MR) is 159 cm³/mol. The molecule has 5 rings (SSSR count). The van der Waals surface area contributed by atoms with E-state index in [-0.39, 0.29) is 18.6 Å². The first-order valence-electron chi connectivity index (χ1n) is 12.8. The lowest BCUT2D eigenvalue weighted by atomic mass is 10.1. The number of carbonyl (C=O) groups excluding carboxylic acids is 1. The Morgan fingerprint density at radius 3 is 2.38 bits per heavy atom. The average molecular weight is 546 g/mol. The number of amides is 1. The zero-order valence-electron chi connectivity index (χ0n) is 22.2. The number of benzene rings is 4. The second kappa shape index (κ2) is 12.4. The summed E-state index contributed by atoms with van der Waals surface area (Å²) in [4.78, 5) is 20.9. The molecule has 7 heteroatoms. The van der Waals surface area contributed by atoms with Crippen molar-refractivity contribution in [2.75, 3.05) is 7.11 Å². The Hall–Kier alpha value is -4.80. The van der Waals surface area contributed by atoms with E-state index in [1.165, 1.54) is 11.8 Å². The van der Waals surface area contributed by atoms with E-state index in [0.717, 1.165) is 22.4 Å². The SMILES string of the molecule is COc1cc(/C=C2/SC(=Nc3ccccc3)N([C@H](C)c3ccccc3)C2=O)ccc1OCc1ccccc1C#N. The fourth-order valence-electron chi connectivity index (χ4n) is 4.36. The largest absolute Gasteiger partial charge is 0.493 e. The van der Waals surface area contributed by atoms with Gasteiger partial charge >= 0.3 is 0 Å². The molecule has 0 saturated carbocycles. The fraction of sp³-hybridized carbons (Fsp3) is 0.121. The molecule has 0 unspecified atom stereocenters. The van der Waals surface area contributed by atoms with E-state index >= 15 is 0 Å². The van der Waals surface area contributed by atoms with Crippen molar-refractivity contribution in [2.45, 2.75) is 19.6 Å². The first-order chi connectivity index (χ1) is 19.6. The van der Waals surface area contributed by atoms with Crippen molar-refractivity contribution >= 4 is 34.6 Å². The van der Waals surface area contributed by atoms with Gasteiger partial charge in [-0.1, -0.05) is 72.8 Å². The van der Waals surface area contributed by atoms with Crippen molar-refractivity contribution in [3.63, 3.8) is 0 Å². The minimum Gasteiger partial charge on any atom is -0.493 e. The van der Waals surface area contributed by atoms with Gasteiger partial charge in [-0.15, -0.1) is 0 Å². The summed E-state index contributed by atoms with van der Waals surface area (Å²) < 4.78 is 11.6. The molecule has 40 heavy (non-hydrogen) atoms. The molecule has 0 radical (unpaired) electrons. The number of aliphatic imine (C=N–C) groups is 1. The predicted octanol–water partition coefficient (Wildman–Crippen LogP) is 7.51. The standard InChI is InChI=1S/C33H27N3O3S/c1-23(25-11-5-3-6-12-25)36-32(37)31(40-33(36)35-28-15-7-4-8-16-28)20-24-17-18-29(30(19-24)38-2)39-22-27-14-10-9-13-26(27)21-34/h3-20,23H,22H2,1-2H3/b31-20+,35-33?/t23-/m1/s1. The number of amidine groups is 1. The molecular weight excluding hydrogens is 518 g/mol. The van der Waals surface area contributed by atoms with E-state index in [1.54, 1.807) is 18.1 Å². The van der Waals surface area contributed by atoms with E-state index in [4.69, 9.17) is 14.5 Å². The maximum Gasteiger partial charge on any atom is 0.267 e.